The predicted molar refractivity (Wildman–Crippen MR) is 51.7 cm³/mol. The number of rotatable bonds is 3. The molecule has 5 heteroatoms. The average molecular weight is 204 g/mol. The first kappa shape index (κ1) is 9.39. The average Bonchev–Trinajstić information content (AvgIpc) is 2.78. The molecule has 0 spiro atoms. The first-order valence-electron chi connectivity index (χ1n) is 4.26. The highest BCUT2D eigenvalue weighted by molar-refractivity contribution is 5.68. The first-order chi connectivity index (χ1) is 7.33. The van der Waals surface area contributed by atoms with Gasteiger partial charge in [0.1, 0.15) is 5.75 Å². The van der Waals surface area contributed by atoms with Crippen LogP contribution in [0.1, 0.15) is 10.7 Å². The maximum absolute atomic E-state index is 10.3. The van der Waals surface area contributed by atoms with Crippen LogP contribution in [0.15, 0.2) is 28.7 Å². The number of nitrogens with zero attached hydrogens (tertiary/aromatic N) is 2. The Labute approximate surface area is 85.7 Å². The third kappa shape index (κ3) is 1.85. The molecule has 0 unspecified atom stereocenters. The van der Waals surface area contributed by atoms with Crippen molar-refractivity contribution < 1.29 is 13.9 Å². The Bertz CT molecular complexity index is 462. The van der Waals surface area contributed by atoms with Crippen LogP contribution in [0.25, 0.3) is 11.5 Å². The van der Waals surface area contributed by atoms with Crippen molar-refractivity contribution >= 4 is 6.29 Å². The van der Waals surface area contributed by atoms with Gasteiger partial charge in [-0.2, -0.15) is 0 Å². The minimum absolute atomic E-state index is 0.0270. The van der Waals surface area contributed by atoms with Gasteiger partial charge in [-0.25, -0.2) is 0 Å². The quantitative estimate of drug-likeness (QED) is 0.710. The van der Waals surface area contributed by atoms with E-state index in [0.717, 1.165) is 11.3 Å². The Morgan fingerprint density at radius 3 is 2.53 bits per heavy atom. The fourth-order valence-corrected chi connectivity index (χ4v) is 1.13. The summed E-state index contributed by atoms with van der Waals surface area (Å²) < 4.78 is 10.1. The summed E-state index contributed by atoms with van der Waals surface area (Å²) in [5.74, 6) is 1.04. The lowest BCUT2D eigenvalue weighted by Gasteiger charge is -1.98. The Balaban J connectivity index is 2.32. The standard InChI is InChI=1S/C10H8N2O3/c1-14-8-4-2-7(3-5-8)10-12-11-9(6-13)15-10/h2-6H,1H3. The van der Waals surface area contributed by atoms with Gasteiger partial charge in [-0.15, -0.1) is 10.2 Å². The van der Waals surface area contributed by atoms with E-state index in [9.17, 15) is 4.79 Å². The molecule has 2 rings (SSSR count). The molecule has 0 bridgehead atoms. The number of carbonyl (C=O) groups excluding carboxylic acids is 1. The summed E-state index contributed by atoms with van der Waals surface area (Å²) in [7, 11) is 1.59. The molecule has 0 radical (unpaired) electrons. The molecule has 0 saturated heterocycles. The van der Waals surface area contributed by atoms with Crippen LogP contribution in [0.3, 0.4) is 0 Å². The van der Waals surface area contributed by atoms with Crippen LogP contribution in [0.5, 0.6) is 5.75 Å². The van der Waals surface area contributed by atoms with Gasteiger partial charge in [0.25, 0.3) is 5.89 Å². The Hall–Kier alpha value is -2.17. The zero-order valence-electron chi connectivity index (χ0n) is 8.01. The number of aldehydes is 1. The molecule has 5 nitrogen and oxygen atoms in total. The maximum atomic E-state index is 10.3. The van der Waals surface area contributed by atoms with Gasteiger partial charge in [0.2, 0.25) is 12.2 Å². The van der Waals surface area contributed by atoms with E-state index in [4.69, 9.17) is 9.15 Å². The molecule has 1 heterocycles. The fourth-order valence-electron chi connectivity index (χ4n) is 1.13. The molecule has 0 atom stereocenters. The van der Waals surface area contributed by atoms with E-state index in [-0.39, 0.29) is 5.89 Å². The van der Waals surface area contributed by atoms with Crippen LogP contribution in [0.4, 0.5) is 0 Å². The zero-order chi connectivity index (χ0) is 10.7. The molecule has 0 aliphatic heterocycles. The second-order valence-electron chi connectivity index (χ2n) is 2.79. The first-order valence-corrected chi connectivity index (χ1v) is 4.26. The summed E-state index contributed by atoms with van der Waals surface area (Å²) in [5, 5.41) is 7.26. The minimum atomic E-state index is -0.0270. The Morgan fingerprint density at radius 2 is 2.00 bits per heavy atom. The van der Waals surface area contributed by atoms with Crippen molar-refractivity contribution in [2.45, 2.75) is 0 Å². The van der Waals surface area contributed by atoms with Gasteiger partial charge in [-0.3, -0.25) is 4.79 Å². The molecule has 0 aliphatic carbocycles. The van der Waals surface area contributed by atoms with Crippen molar-refractivity contribution in [3.8, 4) is 17.2 Å². The number of methoxy groups -OCH3 is 1. The van der Waals surface area contributed by atoms with Crippen molar-refractivity contribution in [2.24, 2.45) is 0 Å². The highest BCUT2D eigenvalue weighted by atomic mass is 16.5. The molecule has 2 aromatic rings. The van der Waals surface area contributed by atoms with Crippen molar-refractivity contribution in [1.29, 1.82) is 0 Å². The second-order valence-corrected chi connectivity index (χ2v) is 2.79. The lowest BCUT2D eigenvalue weighted by Crippen LogP contribution is -1.82. The molecule has 76 valence electrons. The number of aromatic nitrogens is 2. The largest absolute Gasteiger partial charge is 0.497 e. The number of carbonyl (C=O) groups is 1. The van der Waals surface area contributed by atoms with Gasteiger partial charge < -0.3 is 9.15 Å². The van der Waals surface area contributed by atoms with Crippen LogP contribution in [-0.2, 0) is 0 Å². The fraction of sp³-hybridized carbons (Fsp3) is 0.100. The van der Waals surface area contributed by atoms with Crippen LogP contribution < -0.4 is 4.74 Å². The zero-order valence-corrected chi connectivity index (χ0v) is 8.01. The molecule has 0 fully saturated rings. The summed E-state index contributed by atoms with van der Waals surface area (Å²) in [6.45, 7) is 0. The molecule has 1 aromatic heterocycles. The number of benzene rings is 1. The smallest absolute Gasteiger partial charge is 0.280 e. The summed E-state index contributed by atoms with van der Waals surface area (Å²) in [6.07, 6.45) is 0.514. The number of ether oxygens (including phenoxy) is 1. The van der Waals surface area contributed by atoms with Gasteiger partial charge in [0.15, 0.2) is 0 Å². The van der Waals surface area contributed by atoms with E-state index < -0.39 is 0 Å². The topological polar surface area (TPSA) is 65.2 Å². The van der Waals surface area contributed by atoms with Crippen LogP contribution >= 0.6 is 0 Å². The van der Waals surface area contributed by atoms with Crippen molar-refractivity contribution in [3.63, 3.8) is 0 Å². The van der Waals surface area contributed by atoms with Crippen molar-refractivity contribution in [1.82, 2.24) is 10.2 Å². The van der Waals surface area contributed by atoms with Gasteiger partial charge in [0, 0.05) is 5.56 Å². The van der Waals surface area contributed by atoms with E-state index in [2.05, 4.69) is 10.2 Å². The number of hydrogen-bond donors (Lipinski definition) is 0. The van der Waals surface area contributed by atoms with E-state index in [1.807, 2.05) is 0 Å². The van der Waals surface area contributed by atoms with E-state index in [1.54, 1.807) is 31.4 Å². The van der Waals surface area contributed by atoms with E-state index >= 15 is 0 Å². The molecule has 0 N–H and O–H groups in total. The highest BCUT2D eigenvalue weighted by Crippen LogP contribution is 2.20. The van der Waals surface area contributed by atoms with Crippen LogP contribution in [0, 0.1) is 0 Å². The van der Waals surface area contributed by atoms with Gasteiger partial charge in [-0.05, 0) is 24.3 Å². The van der Waals surface area contributed by atoms with Crippen LogP contribution in [-0.4, -0.2) is 23.6 Å². The second kappa shape index (κ2) is 3.91. The maximum Gasteiger partial charge on any atom is 0.280 e. The summed E-state index contributed by atoms with van der Waals surface area (Å²) >= 11 is 0. The van der Waals surface area contributed by atoms with Gasteiger partial charge >= 0.3 is 0 Å². The predicted octanol–water partition coefficient (Wildman–Crippen LogP) is 1.56. The highest BCUT2D eigenvalue weighted by Gasteiger charge is 2.07. The minimum Gasteiger partial charge on any atom is -0.497 e. The molecular weight excluding hydrogens is 196 g/mol. The van der Waals surface area contributed by atoms with Gasteiger partial charge in [-0.1, -0.05) is 0 Å². The monoisotopic (exact) mass is 204 g/mol. The van der Waals surface area contributed by atoms with Crippen molar-refractivity contribution in [3.05, 3.63) is 30.2 Å². The summed E-state index contributed by atoms with van der Waals surface area (Å²) in [6, 6.07) is 7.11. The summed E-state index contributed by atoms with van der Waals surface area (Å²) in [5.41, 5.74) is 0.747. The Morgan fingerprint density at radius 1 is 1.27 bits per heavy atom. The molecule has 0 saturated carbocycles. The summed E-state index contributed by atoms with van der Waals surface area (Å²) in [4.78, 5) is 10.3. The van der Waals surface area contributed by atoms with Crippen LogP contribution in [0.2, 0.25) is 0 Å². The molecule has 0 amide bonds. The van der Waals surface area contributed by atoms with E-state index in [1.165, 1.54) is 0 Å². The number of hydrogen-bond acceptors (Lipinski definition) is 5. The Kier molecular flexibility index (Phi) is 2.45. The van der Waals surface area contributed by atoms with Gasteiger partial charge in [0.05, 0.1) is 7.11 Å². The third-order valence-electron chi connectivity index (χ3n) is 1.88. The normalized spacial score (nSPS) is 9.93. The lowest BCUT2D eigenvalue weighted by molar-refractivity contribution is 0.109. The molecule has 1 aromatic carbocycles. The molecular formula is C10H8N2O3. The van der Waals surface area contributed by atoms with E-state index in [0.29, 0.717) is 12.2 Å². The lowest BCUT2D eigenvalue weighted by atomic mass is 10.2. The molecule has 15 heavy (non-hydrogen) atoms. The SMILES string of the molecule is COc1ccc(-c2nnc(C=O)o2)cc1. The van der Waals surface area contributed by atoms with Crippen molar-refractivity contribution in [2.75, 3.05) is 7.11 Å². The molecule has 0 aliphatic rings. The third-order valence-corrected chi connectivity index (χ3v) is 1.88.